The Morgan fingerprint density at radius 2 is 2.19 bits per heavy atom. The molecule has 1 aromatic carbocycles. The SMILES string of the molecule is C[C@H]1OCC[C@]2(c3cc(N)ccc3F)N=C(N(C(=O)O)C(C)(C)C)SC[C@H]12. The van der Waals surface area contributed by atoms with Crippen molar-refractivity contribution >= 4 is 28.7 Å². The number of aliphatic imine (C=N–C) groups is 1. The minimum absolute atomic E-state index is 0.0769. The van der Waals surface area contributed by atoms with Gasteiger partial charge in [-0.3, -0.25) is 4.90 Å². The van der Waals surface area contributed by atoms with E-state index in [1.807, 2.05) is 27.7 Å². The number of amides is 1. The lowest BCUT2D eigenvalue weighted by atomic mass is 9.72. The van der Waals surface area contributed by atoms with Gasteiger partial charge < -0.3 is 15.6 Å². The number of ether oxygens (including phenoxy) is 1. The Hall–Kier alpha value is -1.80. The van der Waals surface area contributed by atoms with E-state index in [1.165, 1.54) is 28.8 Å². The normalized spacial score (nSPS) is 28.3. The van der Waals surface area contributed by atoms with Crippen LogP contribution in [0.5, 0.6) is 0 Å². The van der Waals surface area contributed by atoms with Gasteiger partial charge in [0.25, 0.3) is 0 Å². The van der Waals surface area contributed by atoms with Crippen LogP contribution in [0, 0.1) is 11.7 Å². The number of hydrogen-bond donors (Lipinski definition) is 2. The Balaban J connectivity index is 2.21. The molecule has 0 aliphatic carbocycles. The van der Waals surface area contributed by atoms with E-state index in [9.17, 15) is 14.3 Å². The number of nitrogens with two attached hydrogens (primary N) is 1. The molecular weight excluding hydrogens is 369 g/mol. The summed E-state index contributed by atoms with van der Waals surface area (Å²) in [6.07, 6.45) is -0.717. The molecule has 1 aromatic rings. The van der Waals surface area contributed by atoms with Crippen LogP contribution in [0.2, 0.25) is 0 Å². The summed E-state index contributed by atoms with van der Waals surface area (Å²) in [6.45, 7) is 7.84. The molecule has 2 aliphatic heterocycles. The molecule has 1 amide bonds. The topological polar surface area (TPSA) is 88.2 Å². The van der Waals surface area contributed by atoms with Crippen molar-refractivity contribution in [3.05, 3.63) is 29.6 Å². The second-order valence-corrected chi connectivity index (χ2v) is 9.08. The molecule has 8 heteroatoms. The third-order valence-electron chi connectivity index (χ3n) is 5.24. The number of carbonyl (C=O) groups is 1. The molecule has 3 N–H and O–H groups in total. The molecule has 6 nitrogen and oxygen atoms in total. The van der Waals surface area contributed by atoms with Gasteiger partial charge in [0.05, 0.1) is 11.6 Å². The fourth-order valence-corrected chi connectivity index (χ4v) is 5.49. The number of thioether (sulfide) groups is 1. The number of hydrogen-bond acceptors (Lipinski definition) is 5. The summed E-state index contributed by atoms with van der Waals surface area (Å²) in [5.41, 5.74) is 5.26. The van der Waals surface area contributed by atoms with Gasteiger partial charge in [-0.25, -0.2) is 14.2 Å². The maximum atomic E-state index is 14.9. The molecule has 27 heavy (non-hydrogen) atoms. The van der Waals surface area contributed by atoms with Crippen LogP contribution < -0.4 is 5.73 Å². The smallest absolute Gasteiger partial charge is 0.413 e. The van der Waals surface area contributed by atoms with Gasteiger partial charge in [0.2, 0.25) is 0 Å². The maximum absolute atomic E-state index is 14.9. The zero-order valence-electron chi connectivity index (χ0n) is 16.0. The minimum atomic E-state index is -1.07. The summed E-state index contributed by atoms with van der Waals surface area (Å²) < 4.78 is 20.7. The lowest BCUT2D eigenvalue weighted by Gasteiger charge is -2.49. The van der Waals surface area contributed by atoms with Crippen LogP contribution in [0.1, 0.15) is 39.7 Å². The predicted molar refractivity (Wildman–Crippen MR) is 106 cm³/mol. The average Bonchev–Trinajstić information content (AvgIpc) is 2.55. The molecule has 0 radical (unpaired) electrons. The summed E-state index contributed by atoms with van der Waals surface area (Å²) in [7, 11) is 0. The Kier molecular flexibility index (Phi) is 5.16. The van der Waals surface area contributed by atoms with Gasteiger partial charge in [-0.2, -0.15) is 0 Å². The van der Waals surface area contributed by atoms with E-state index >= 15 is 0 Å². The summed E-state index contributed by atoms with van der Waals surface area (Å²) in [5, 5.41) is 10.2. The number of anilines is 1. The molecule has 1 fully saturated rings. The lowest BCUT2D eigenvalue weighted by Crippen LogP contribution is -2.55. The fraction of sp³-hybridized carbons (Fsp3) is 0.579. The van der Waals surface area contributed by atoms with Crippen LogP contribution in [-0.2, 0) is 10.3 Å². The molecule has 3 rings (SSSR count). The minimum Gasteiger partial charge on any atom is -0.465 e. The summed E-state index contributed by atoms with van der Waals surface area (Å²) in [6, 6.07) is 4.50. The highest BCUT2D eigenvalue weighted by Gasteiger charge is 2.51. The number of fused-ring (bicyclic) bond motifs is 1. The summed E-state index contributed by atoms with van der Waals surface area (Å²) in [4.78, 5) is 18.1. The average molecular weight is 396 g/mol. The molecule has 2 aliphatic rings. The maximum Gasteiger partial charge on any atom is 0.413 e. The third-order valence-corrected chi connectivity index (χ3v) is 6.30. The molecule has 0 spiro atoms. The number of nitrogens with zero attached hydrogens (tertiary/aromatic N) is 2. The quantitative estimate of drug-likeness (QED) is 0.704. The van der Waals surface area contributed by atoms with E-state index < -0.39 is 17.2 Å². The zero-order chi connectivity index (χ0) is 20.0. The highest BCUT2D eigenvalue weighted by Crippen LogP contribution is 2.49. The first-order valence-electron chi connectivity index (χ1n) is 8.99. The van der Waals surface area contributed by atoms with Crippen molar-refractivity contribution in [3.63, 3.8) is 0 Å². The Bertz CT molecular complexity index is 780. The third kappa shape index (κ3) is 3.52. The number of rotatable bonds is 1. The van der Waals surface area contributed by atoms with E-state index in [-0.39, 0.29) is 17.8 Å². The Morgan fingerprint density at radius 3 is 2.81 bits per heavy atom. The number of benzene rings is 1. The highest BCUT2D eigenvalue weighted by atomic mass is 32.2. The molecular formula is C19H26FN3O3S. The second kappa shape index (κ2) is 6.98. The monoisotopic (exact) mass is 395 g/mol. The van der Waals surface area contributed by atoms with Gasteiger partial charge >= 0.3 is 6.09 Å². The largest absolute Gasteiger partial charge is 0.465 e. The standard InChI is InChI=1S/C19H26FN3O3S/c1-11-14-10-27-16(23(17(24)25)18(2,3)4)22-19(14,7-8-26-11)13-9-12(21)5-6-15(13)20/h5-6,9,11,14H,7-8,10,21H2,1-4H3,(H,24,25)/t11-,14-,19-/m1/s1. The van der Waals surface area contributed by atoms with Gasteiger partial charge in [-0.15, -0.1) is 0 Å². The van der Waals surface area contributed by atoms with Gasteiger partial charge in [0, 0.05) is 41.5 Å². The predicted octanol–water partition coefficient (Wildman–Crippen LogP) is 3.91. The first kappa shape index (κ1) is 19.9. The zero-order valence-corrected chi connectivity index (χ0v) is 16.8. The van der Waals surface area contributed by atoms with Crippen molar-refractivity contribution in [3.8, 4) is 0 Å². The van der Waals surface area contributed by atoms with Crippen molar-refractivity contribution < 1.29 is 19.0 Å². The lowest BCUT2D eigenvalue weighted by molar-refractivity contribution is -0.0518. The van der Waals surface area contributed by atoms with Gasteiger partial charge in [-0.05, 0) is 45.9 Å². The van der Waals surface area contributed by atoms with E-state index in [2.05, 4.69) is 0 Å². The van der Waals surface area contributed by atoms with Crippen molar-refractivity contribution in [2.24, 2.45) is 10.9 Å². The van der Waals surface area contributed by atoms with Gasteiger partial charge in [0.15, 0.2) is 5.17 Å². The van der Waals surface area contributed by atoms with Crippen LogP contribution >= 0.6 is 11.8 Å². The number of halogens is 1. The van der Waals surface area contributed by atoms with E-state index in [0.29, 0.717) is 35.2 Å². The van der Waals surface area contributed by atoms with Gasteiger partial charge in [0.1, 0.15) is 5.82 Å². The highest BCUT2D eigenvalue weighted by molar-refractivity contribution is 8.13. The van der Waals surface area contributed by atoms with E-state index in [1.54, 1.807) is 6.07 Å². The van der Waals surface area contributed by atoms with Crippen molar-refractivity contribution in [1.29, 1.82) is 0 Å². The molecule has 0 bridgehead atoms. The molecule has 0 saturated carbocycles. The Labute approximate surface area is 163 Å². The Morgan fingerprint density at radius 1 is 1.48 bits per heavy atom. The van der Waals surface area contributed by atoms with Crippen LogP contribution in [0.25, 0.3) is 0 Å². The summed E-state index contributed by atoms with van der Waals surface area (Å²) >= 11 is 1.38. The van der Waals surface area contributed by atoms with Crippen molar-refractivity contribution in [2.45, 2.75) is 51.3 Å². The van der Waals surface area contributed by atoms with Crippen LogP contribution in [-0.4, -0.2) is 45.3 Å². The van der Waals surface area contributed by atoms with Crippen LogP contribution in [0.3, 0.4) is 0 Å². The molecule has 3 atom stereocenters. The molecule has 1 saturated heterocycles. The molecule has 148 valence electrons. The van der Waals surface area contributed by atoms with Crippen LogP contribution in [0.15, 0.2) is 23.2 Å². The van der Waals surface area contributed by atoms with Gasteiger partial charge in [-0.1, -0.05) is 11.8 Å². The molecule has 0 unspecified atom stereocenters. The fourth-order valence-electron chi connectivity index (χ4n) is 3.91. The van der Waals surface area contributed by atoms with Crippen molar-refractivity contribution in [2.75, 3.05) is 18.1 Å². The molecule has 0 aromatic heterocycles. The van der Waals surface area contributed by atoms with Crippen LogP contribution in [0.4, 0.5) is 14.9 Å². The number of carboxylic acid groups (broad SMARTS) is 1. The number of amidine groups is 1. The van der Waals surface area contributed by atoms with Crippen molar-refractivity contribution in [1.82, 2.24) is 4.90 Å². The van der Waals surface area contributed by atoms with E-state index in [0.717, 1.165) is 0 Å². The first-order chi connectivity index (χ1) is 12.6. The number of nitrogen functional groups attached to an aromatic ring is 1. The summed E-state index contributed by atoms with van der Waals surface area (Å²) in [5.74, 6) is 0.136. The molecule has 2 heterocycles. The van der Waals surface area contributed by atoms with E-state index in [4.69, 9.17) is 15.5 Å². The first-order valence-corrected chi connectivity index (χ1v) is 9.98. The second-order valence-electron chi connectivity index (χ2n) is 8.09.